The first-order chi connectivity index (χ1) is 8.72. The van der Waals surface area contributed by atoms with Gasteiger partial charge < -0.3 is 10.3 Å². The zero-order valence-electron chi connectivity index (χ0n) is 10.4. The van der Waals surface area contributed by atoms with Crippen molar-refractivity contribution >= 4 is 17.5 Å². The molecule has 3 nitrogen and oxygen atoms in total. The van der Waals surface area contributed by atoms with E-state index in [0.717, 1.165) is 29.7 Å². The smallest absolute Gasteiger partial charge is 0.230 e. The van der Waals surface area contributed by atoms with E-state index in [1.807, 2.05) is 24.3 Å². The van der Waals surface area contributed by atoms with Crippen LogP contribution in [0.3, 0.4) is 0 Å². The summed E-state index contributed by atoms with van der Waals surface area (Å²) in [6.45, 7) is 2.18. The summed E-state index contributed by atoms with van der Waals surface area (Å²) in [5.41, 5.74) is 8.70. The molecule has 0 aliphatic rings. The molecule has 2 N–H and O–H groups in total. The fraction of sp³-hybridized carbons (Fsp3) is 0.357. The van der Waals surface area contributed by atoms with Crippen LogP contribution in [0, 0.1) is 0 Å². The van der Waals surface area contributed by atoms with Crippen LogP contribution in [0.25, 0.3) is 11.1 Å². The molecule has 0 radical (unpaired) electrons. The van der Waals surface area contributed by atoms with Gasteiger partial charge in [0.15, 0.2) is 0 Å². The summed E-state index contributed by atoms with van der Waals surface area (Å²) in [4.78, 5) is 0. The fourth-order valence-electron chi connectivity index (χ4n) is 1.98. The highest BCUT2D eigenvalue weighted by molar-refractivity contribution is 6.30. The SMILES string of the molecule is CCCCCc1noc(N)c1-c1ccc(Cl)cc1. The molecule has 0 atom stereocenters. The van der Waals surface area contributed by atoms with Crippen LogP contribution in [-0.2, 0) is 6.42 Å². The number of rotatable bonds is 5. The molecule has 2 aromatic rings. The summed E-state index contributed by atoms with van der Waals surface area (Å²) in [6.07, 6.45) is 4.37. The number of hydrogen-bond acceptors (Lipinski definition) is 3. The number of nitrogen functional groups attached to an aromatic ring is 1. The van der Waals surface area contributed by atoms with Gasteiger partial charge in [0.2, 0.25) is 5.88 Å². The predicted octanol–water partition coefficient (Wildman–Crippen LogP) is 4.31. The van der Waals surface area contributed by atoms with Gasteiger partial charge in [0, 0.05) is 5.02 Å². The van der Waals surface area contributed by atoms with Gasteiger partial charge in [0.1, 0.15) is 0 Å². The van der Waals surface area contributed by atoms with Crippen LogP contribution in [0.1, 0.15) is 31.9 Å². The number of unbranched alkanes of at least 4 members (excludes halogenated alkanes) is 2. The van der Waals surface area contributed by atoms with Crippen molar-refractivity contribution in [2.45, 2.75) is 32.6 Å². The van der Waals surface area contributed by atoms with Crippen molar-refractivity contribution < 1.29 is 4.52 Å². The number of nitrogens with two attached hydrogens (primary N) is 1. The van der Waals surface area contributed by atoms with E-state index >= 15 is 0 Å². The highest BCUT2D eigenvalue weighted by atomic mass is 35.5. The van der Waals surface area contributed by atoms with Gasteiger partial charge in [0.05, 0.1) is 11.3 Å². The Hall–Kier alpha value is -1.48. The Morgan fingerprint density at radius 2 is 1.94 bits per heavy atom. The van der Waals surface area contributed by atoms with Gasteiger partial charge in [-0.2, -0.15) is 0 Å². The van der Waals surface area contributed by atoms with Crippen LogP contribution in [0.15, 0.2) is 28.8 Å². The van der Waals surface area contributed by atoms with Crippen molar-refractivity contribution in [2.24, 2.45) is 0 Å². The number of aryl methyl sites for hydroxylation is 1. The zero-order valence-corrected chi connectivity index (χ0v) is 11.2. The molecule has 1 heterocycles. The number of anilines is 1. The van der Waals surface area contributed by atoms with Gasteiger partial charge in [-0.3, -0.25) is 0 Å². The fourth-order valence-corrected chi connectivity index (χ4v) is 2.10. The minimum atomic E-state index is 0.379. The van der Waals surface area contributed by atoms with Crippen molar-refractivity contribution in [2.75, 3.05) is 5.73 Å². The molecule has 4 heteroatoms. The number of hydrogen-bond donors (Lipinski definition) is 1. The highest BCUT2D eigenvalue weighted by Gasteiger charge is 2.15. The Kier molecular flexibility index (Phi) is 4.26. The molecule has 0 unspecified atom stereocenters. The molecule has 0 spiro atoms. The monoisotopic (exact) mass is 264 g/mol. The Morgan fingerprint density at radius 3 is 2.61 bits per heavy atom. The molecule has 2 rings (SSSR count). The number of benzene rings is 1. The lowest BCUT2D eigenvalue weighted by atomic mass is 10.0. The Labute approximate surface area is 112 Å². The van der Waals surface area contributed by atoms with E-state index in [2.05, 4.69) is 12.1 Å². The third-order valence-corrected chi connectivity index (χ3v) is 3.19. The first-order valence-electron chi connectivity index (χ1n) is 6.22. The van der Waals surface area contributed by atoms with Crippen molar-refractivity contribution in [1.82, 2.24) is 5.16 Å². The average Bonchev–Trinajstić information content (AvgIpc) is 2.72. The van der Waals surface area contributed by atoms with Crippen LogP contribution < -0.4 is 5.73 Å². The molecule has 0 bridgehead atoms. The number of aromatic nitrogens is 1. The zero-order chi connectivity index (χ0) is 13.0. The van der Waals surface area contributed by atoms with Crippen molar-refractivity contribution in [3.05, 3.63) is 35.0 Å². The number of halogens is 1. The van der Waals surface area contributed by atoms with E-state index in [4.69, 9.17) is 21.9 Å². The molecule has 1 aromatic heterocycles. The second-order valence-corrected chi connectivity index (χ2v) is 4.77. The summed E-state index contributed by atoms with van der Waals surface area (Å²) < 4.78 is 5.11. The maximum Gasteiger partial charge on any atom is 0.230 e. The third-order valence-electron chi connectivity index (χ3n) is 2.94. The molecular formula is C14H17ClN2O. The van der Waals surface area contributed by atoms with E-state index in [-0.39, 0.29) is 0 Å². The van der Waals surface area contributed by atoms with E-state index in [1.165, 1.54) is 12.8 Å². The van der Waals surface area contributed by atoms with Crippen LogP contribution in [0.5, 0.6) is 0 Å². The second-order valence-electron chi connectivity index (χ2n) is 4.33. The van der Waals surface area contributed by atoms with Gasteiger partial charge in [-0.1, -0.05) is 48.7 Å². The van der Waals surface area contributed by atoms with Crippen LogP contribution in [0.2, 0.25) is 5.02 Å². The molecule has 0 aliphatic heterocycles. The molecule has 0 fully saturated rings. The molecular weight excluding hydrogens is 248 g/mol. The van der Waals surface area contributed by atoms with E-state index in [0.29, 0.717) is 10.9 Å². The molecule has 18 heavy (non-hydrogen) atoms. The van der Waals surface area contributed by atoms with Gasteiger partial charge >= 0.3 is 0 Å². The summed E-state index contributed by atoms with van der Waals surface area (Å²) >= 11 is 5.88. The minimum absolute atomic E-state index is 0.379. The van der Waals surface area contributed by atoms with Crippen LogP contribution in [0.4, 0.5) is 5.88 Å². The maximum absolute atomic E-state index is 5.88. The highest BCUT2D eigenvalue weighted by Crippen LogP contribution is 2.31. The topological polar surface area (TPSA) is 52.0 Å². The van der Waals surface area contributed by atoms with Gasteiger partial charge in [-0.25, -0.2) is 0 Å². The number of nitrogens with zero attached hydrogens (tertiary/aromatic N) is 1. The Morgan fingerprint density at radius 1 is 1.22 bits per heavy atom. The van der Waals surface area contributed by atoms with Crippen LogP contribution in [-0.4, -0.2) is 5.16 Å². The predicted molar refractivity (Wildman–Crippen MR) is 74.6 cm³/mol. The summed E-state index contributed by atoms with van der Waals surface area (Å²) in [6, 6.07) is 7.57. The lowest BCUT2D eigenvalue weighted by molar-refractivity contribution is 0.426. The average molecular weight is 265 g/mol. The molecule has 1 aromatic carbocycles. The van der Waals surface area contributed by atoms with Crippen molar-refractivity contribution in [3.8, 4) is 11.1 Å². The van der Waals surface area contributed by atoms with Crippen molar-refractivity contribution in [3.63, 3.8) is 0 Å². The molecule has 0 aliphatic carbocycles. The summed E-state index contributed by atoms with van der Waals surface area (Å²) in [5, 5.41) is 4.76. The standard InChI is InChI=1S/C14H17ClN2O/c1-2-3-4-5-12-13(14(16)18-17-12)10-6-8-11(15)9-7-10/h6-9H,2-5,16H2,1H3. The first kappa shape index (κ1) is 13.0. The third kappa shape index (κ3) is 2.85. The molecule has 0 saturated heterocycles. The van der Waals surface area contributed by atoms with Gasteiger partial charge in [-0.15, -0.1) is 0 Å². The lowest BCUT2D eigenvalue weighted by Crippen LogP contribution is -1.91. The first-order valence-corrected chi connectivity index (χ1v) is 6.60. The molecule has 0 amide bonds. The van der Waals surface area contributed by atoms with Gasteiger partial charge in [0.25, 0.3) is 0 Å². The second kappa shape index (κ2) is 5.91. The summed E-state index contributed by atoms with van der Waals surface area (Å²) in [5.74, 6) is 0.379. The van der Waals surface area contributed by atoms with Crippen molar-refractivity contribution in [1.29, 1.82) is 0 Å². The quantitative estimate of drug-likeness (QED) is 0.819. The summed E-state index contributed by atoms with van der Waals surface area (Å²) in [7, 11) is 0. The molecule has 96 valence electrons. The minimum Gasteiger partial charge on any atom is -0.367 e. The Bertz CT molecular complexity index is 505. The van der Waals surface area contributed by atoms with E-state index in [9.17, 15) is 0 Å². The lowest BCUT2D eigenvalue weighted by Gasteiger charge is -2.02. The maximum atomic E-state index is 5.88. The van der Waals surface area contributed by atoms with E-state index in [1.54, 1.807) is 0 Å². The largest absolute Gasteiger partial charge is 0.367 e. The molecule has 0 saturated carbocycles. The Balaban J connectivity index is 2.25. The normalized spacial score (nSPS) is 10.8. The van der Waals surface area contributed by atoms with E-state index < -0.39 is 0 Å². The van der Waals surface area contributed by atoms with Crippen LogP contribution >= 0.6 is 11.6 Å². The van der Waals surface area contributed by atoms with Gasteiger partial charge in [-0.05, 0) is 30.5 Å².